The van der Waals surface area contributed by atoms with Crippen molar-refractivity contribution < 1.29 is 4.43 Å². The predicted octanol–water partition coefficient (Wildman–Crippen LogP) is 6.92. The van der Waals surface area contributed by atoms with Gasteiger partial charge in [0.05, 0.1) is 5.38 Å². The Hall–Kier alpha value is 0.00688. The molecule has 0 spiro atoms. The van der Waals surface area contributed by atoms with Gasteiger partial charge >= 0.3 is 0 Å². The topological polar surface area (TPSA) is 9.23 Å². The molecule has 4 heteroatoms. The summed E-state index contributed by atoms with van der Waals surface area (Å²) < 4.78 is 6.77. The Bertz CT molecular complexity index is 426. The molecule has 21 heavy (non-hydrogen) atoms. The zero-order valence-corrected chi connectivity index (χ0v) is 17.3. The van der Waals surface area contributed by atoms with Gasteiger partial charge in [-0.1, -0.05) is 75.7 Å². The van der Waals surface area contributed by atoms with Gasteiger partial charge in [0.25, 0.3) is 8.32 Å². The monoisotopic (exact) mass is 390 g/mol. The highest BCUT2D eigenvalue weighted by Crippen LogP contribution is 2.44. The van der Waals surface area contributed by atoms with Crippen molar-refractivity contribution in [3.8, 4) is 5.75 Å². The maximum atomic E-state index is 6.77. The Morgan fingerprint density at radius 1 is 1.00 bits per heavy atom. The Morgan fingerprint density at radius 2 is 1.48 bits per heavy atom. The van der Waals surface area contributed by atoms with Crippen LogP contribution < -0.4 is 4.43 Å². The average Bonchev–Trinajstić information content (AvgIpc) is 2.43. The average molecular weight is 392 g/mol. The highest BCUT2D eigenvalue weighted by Gasteiger charge is 2.47. The minimum Gasteiger partial charge on any atom is -0.542 e. The van der Waals surface area contributed by atoms with E-state index in [1.54, 1.807) is 0 Å². The van der Waals surface area contributed by atoms with Crippen molar-refractivity contribution in [3.63, 3.8) is 0 Å². The molecule has 0 radical (unpaired) electrons. The summed E-state index contributed by atoms with van der Waals surface area (Å²) in [6.45, 7) is 13.8. The summed E-state index contributed by atoms with van der Waals surface area (Å²) in [5.74, 6) is 0.972. The van der Waals surface area contributed by atoms with Crippen LogP contribution >= 0.6 is 27.5 Å². The third kappa shape index (κ3) is 4.05. The largest absolute Gasteiger partial charge is 0.542 e. The zero-order chi connectivity index (χ0) is 16.2. The molecule has 0 amide bonds. The molecule has 1 unspecified atom stereocenters. The lowest BCUT2D eigenvalue weighted by molar-refractivity contribution is 0.475. The molecular formula is C17H28BrClOSi. The van der Waals surface area contributed by atoms with Gasteiger partial charge in [0.1, 0.15) is 5.75 Å². The smallest absolute Gasteiger partial charge is 0.258 e. The van der Waals surface area contributed by atoms with Crippen molar-refractivity contribution in [1.29, 1.82) is 0 Å². The van der Waals surface area contributed by atoms with Crippen LogP contribution in [-0.4, -0.2) is 13.6 Å². The van der Waals surface area contributed by atoms with E-state index >= 15 is 0 Å². The van der Waals surface area contributed by atoms with Crippen molar-refractivity contribution >= 4 is 35.8 Å². The van der Waals surface area contributed by atoms with E-state index in [4.69, 9.17) is 16.0 Å². The highest BCUT2D eigenvalue weighted by atomic mass is 79.9. The third-order valence-electron chi connectivity index (χ3n) is 4.39. The predicted molar refractivity (Wildman–Crippen MR) is 101 cm³/mol. The van der Waals surface area contributed by atoms with Gasteiger partial charge in [0.15, 0.2) is 0 Å². The highest BCUT2D eigenvalue weighted by molar-refractivity contribution is 9.09. The van der Waals surface area contributed by atoms with Crippen LogP contribution in [0.3, 0.4) is 0 Å². The lowest BCUT2D eigenvalue weighted by atomic mass is 10.1. The molecule has 120 valence electrons. The molecule has 0 aromatic heterocycles. The molecule has 1 aromatic rings. The van der Waals surface area contributed by atoms with E-state index in [1.165, 1.54) is 0 Å². The van der Waals surface area contributed by atoms with Crippen molar-refractivity contribution in [2.45, 2.75) is 63.5 Å². The van der Waals surface area contributed by atoms with Crippen LogP contribution in [0.4, 0.5) is 0 Å². The lowest BCUT2D eigenvalue weighted by Crippen LogP contribution is -2.50. The first kappa shape index (κ1) is 19.1. The number of alkyl halides is 2. The van der Waals surface area contributed by atoms with E-state index in [2.05, 4.69) is 69.6 Å². The first-order chi connectivity index (χ1) is 9.77. The molecule has 0 saturated carbocycles. The molecule has 0 N–H and O–H groups in total. The molecule has 0 fully saturated rings. The molecule has 0 bridgehead atoms. The molecule has 0 aliphatic heterocycles. The second-order valence-electron chi connectivity index (χ2n) is 6.58. The fourth-order valence-electron chi connectivity index (χ4n) is 3.46. The SMILES string of the molecule is CC(C)[Si](Oc1ccccc1C(Cl)CBr)(C(C)C)C(C)C. The molecule has 0 aliphatic rings. The summed E-state index contributed by atoms with van der Waals surface area (Å²) in [6, 6.07) is 8.22. The van der Waals surface area contributed by atoms with Crippen LogP contribution in [0, 0.1) is 0 Å². The molecule has 0 aliphatic carbocycles. The summed E-state index contributed by atoms with van der Waals surface area (Å²) >= 11 is 9.93. The van der Waals surface area contributed by atoms with E-state index in [9.17, 15) is 0 Å². The molecule has 1 nitrogen and oxygen atoms in total. The number of rotatable bonds is 7. The Kier molecular flexibility index (Phi) is 7.28. The van der Waals surface area contributed by atoms with Gasteiger partial charge in [-0.2, -0.15) is 0 Å². The molecule has 0 saturated heterocycles. The van der Waals surface area contributed by atoms with Crippen molar-refractivity contribution in [2.24, 2.45) is 0 Å². The van der Waals surface area contributed by atoms with Gasteiger partial charge in [0.2, 0.25) is 0 Å². The normalized spacial score (nSPS) is 14.0. The summed E-state index contributed by atoms with van der Waals surface area (Å²) in [5, 5.41) is 0.675. The van der Waals surface area contributed by atoms with Crippen LogP contribution in [0.25, 0.3) is 0 Å². The van der Waals surface area contributed by atoms with Gasteiger partial charge in [0, 0.05) is 10.9 Å². The van der Waals surface area contributed by atoms with Crippen LogP contribution in [0.2, 0.25) is 16.6 Å². The fraction of sp³-hybridized carbons (Fsp3) is 0.647. The van der Waals surface area contributed by atoms with Crippen molar-refractivity contribution in [3.05, 3.63) is 29.8 Å². The van der Waals surface area contributed by atoms with Gasteiger partial charge < -0.3 is 4.43 Å². The minimum atomic E-state index is -1.93. The van der Waals surface area contributed by atoms with E-state index in [-0.39, 0.29) is 5.38 Å². The first-order valence-corrected chi connectivity index (χ1v) is 11.4. The maximum Gasteiger partial charge on any atom is 0.258 e. The molecule has 1 aromatic carbocycles. The Balaban J connectivity index is 3.28. The summed E-state index contributed by atoms with van der Waals surface area (Å²) in [6.07, 6.45) is 0. The molecule has 1 atom stereocenters. The number of hydrogen-bond donors (Lipinski definition) is 0. The van der Waals surface area contributed by atoms with Crippen LogP contribution in [0.15, 0.2) is 24.3 Å². The Morgan fingerprint density at radius 3 is 1.90 bits per heavy atom. The lowest BCUT2D eigenvalue weighted by Gasteiger charge is -2.42. The maximum absolute atomic E-state index is 6.77. The summed E-state index contributed by atoms with van der Waals surface area (Å²) in [7, 11) is -1.93. The first-order valence-electron chi connectivity index (χ1n) is 7.75. The molecule has 0 heterocycles. The standard InChI is InChI=1S/C17H28BrClOSi/c1-12(2)21(13(3)4,14(5)6)20-17-10-8-7-9-15(17)16(19)11-18/h7-10,12-14,16H,11H2,1-6H3. The van der Waals surface area contributed by atoms with Crippen molar-refractivity contribution in [1.82, 2.24) is 0 Å². The van der Waals surface area contributed by atoms with Gasteiger partial charge in [-0.3, -0.25) is 0 Å². The van der Waals surface area contributed by atoms with Crippen molar-refractivity contribution in [2.75, 3.05) is 5.33 Å². The second-order valence-corrected chi connectivity index (χ2v) is 13.1. The third-order valence-corrected chi connectivity index (χ3v) is 11.8. The van der Waals surface area contributed by atoms with Crippen LogP contribution in [-0.2, 0) is 0 Å². The zero-order valence-electron chi connectivity index (χ0n) is 14.0. The van der Waals surface area contributed by atoms with E-state index in [1.807, 2.05) is 12.1 Å². The number of hydrogen-bond acceptors (Lipinski definition) is 1. The van der Waals surface area contributed by atoms with Crippen LogP contribution in [0.5, 0.6) is 5.75 Å². The van der Waals surface area contributed by atoms with E-state index in [0.29, 0.717) is 16.6 Å². The fourth-order valence-corrected chi connectivity index (χ4v) is 9.26. The second kappa shape index (κ2) is 8.03. The summed E-state index contributed by atoms with van der Waals surface area (Å²) in [4.78, 5) is 0. The Labute approximate surface area is 144 Å². The number of para-hydroxylation sites is 1. The number of halogens is 2. The van der Waals surface area contributed by atoms with E-state index < -0.39 is 8.32 Å². The van der Waals surface area contributed by atoms with Gasteiger partial charge in [-0.25, -0.2) is 0 Å². The quantitative estimate of drug-likeness (QED) is 0.362. The molecular weight excluding hydrogens is 364 g/mol. The van der Waals surface area contributed by atoms with E-state index in [0.717, 1.165) is 16.6 Å². The molecule has 1 rings (SSSR count). The minimum absolute atomic E-state index is 0.0561. The number of benzene rings is 1. The van der Waals surface area contributed by atoms with Gasteiger partial charge in [-0.05, 0) is 22.7 Å². The van der Waals surface area contributed by atoms with Crippen LogP contribution in [0.1, 0.15) is 52.5 Å². The van der Waals surface area contributed by atoms with Gasteiger partial charge in [-0.15, -0.1) is 11.6 Å². The summed E-state index contributed by atoms with van der Waals surface area (Å²) in [5.41, 5.74) is 2.77.